The minimum atomic E-state index is -4.33. The predicted octanol–water partition coefficient (Wildman–Crippen LogP) is 4.53. The lowest BCUT2D eigenvalue weighted by molar-refractivity contribution is -0.173. The summed E-state index contributed by atoms with van der Waals surface area (Å²) in [7, 11) is 0. The Morgan fingerprint density at radius 3 is 2.39 bits per heavy atom. The third-order valence-corrected chi connectivity index (χ3v) is 7.00. The van der Waals surface area contributed by atoms with Gasteiger partial charge in [0.25, 0.3) is 0 Å². The lowest BCUT2D eigenvalue weighted by atomic mass is 9.42. The van der Waals surface area contributed by atoms with Crippen LogP contribution in [0.2, 0.25) is 0 Å². The number of carbonyl (C=O) groups excluding carboxylic acids is 1. The Bertz CT molecular complexity index is 714. The average Bonchev–Trinajstić information content (AvgIpc) is 2.59. The highest BCUT2D eigenvalue weighted by atomic mass is 19.4. The van der Waals surface area contributed by atoms with Crippen molar-refractivity contribution in [1.82, 2.24) is 5.32 Å². The number of rotatable bonds is 6. The summed E-state index contributed by atoms with van der Waals surface area (Å²) in [6.45, 7) is 0.828. The Balaban J connectivity index is 1.44. The zero-order chi connectivity index (χ0) is 20.0. The lowest BCUT2D eigenvalue weighted by Crippen LogP contribution is -2.59. The number of hydrogen-bond donors (Lipinski definition) is 1. The predicted molar refractivity (Wildman–Crippen MR) is 99.9 cm³/mol. The van der Waals surface area contributed by atoms with E-state index in [1.54, 1.807) is 0 Å². The number of halogens is 3. The van der Waals surface area contributed by atoms with E-state index in [0.29, 0.717) is 11.8 Å². The molecule has 1 aromatic carbocycles. The highest BCUT2D eigenvalue weighted by Gasteiger charge is 2.60. The molecule has 4 aliphatic rings. The number of amides is 1. The molecule has 4 aliphatic carbocycles. The first-order chi connectivity index (χ1) is 13.2. The number of aryl methyl sites for hydroxylation is 1. The molecule has 4 bridgehead atoms. The monoisotopic (exact) mass is 395 g/mol. The van der Waals surface area contributed by atoms with Crippen LogP contribution in [0.5, 0.6) is 0 Å². The zero-order valence-electron chi connectivity index (χ0n) is 16.3. The van der Waals surface area contributed by atoms with Gasteiger partial charge in [-0.1, -0.05) is 29.8 Å². The minimum absolute atomic E-state index is 0.00805. The molecule has 6 heteroatoms. The molecule has 5 rings (SSSR count). The SMILES string of the molecule is Cc1ccc(C23CC4CC(CC(C(=O)NCCOCC(F)(F)F)(C4)C2)C3)cc1. The zero-order valence-corrected chi connectivity index (χ0v) is 16.3. The summed E-state index contributed by atoms with van der Waals surface area (Å²) < 4.78 is 41.1. The summed E-state index contributed by atoms with van der Waals surface area (Å²) in [5.41, 5.74) is 2.28. The normalized spacial score (nSPS) is 33.9. The molecule has 2 unspecified atom stereocenters. The van der Waals surface area contributed by atoms with Crippen LogP contribution in [0.15, 0.2) is 24.3 Å². The maximum Gasteiger partial charge on any atom is 0.411 e. The number of nitrogens with one attached hydrogen (secondary N) is 1. The van der Waals surface area contributed by atoms with Gasteiger partial charge in [0.1, 0.15) is 6.61 Å². The maximum atomic E-state index is 13.1. The number of ether oxygens (including phenoxy) is 1. The summed E-state index contributed by atoms with van der Waals surface area (Å²) in [4.78, 5) is 13.1. The second-order valence-corrected chi connectivity index (χ2v) is 9.31. The topological polar surface area (TPSA) is 38.3 Å². The molecule has 1 N–H and O–H groups in total. The molecule has 0 aromatic heterocycles. The van der Waals surface area contributed by atoms with Crippen LogP contribution in [0.4, 0.5) is 13.2 Å². The average molecular weight is 395 g/mol. The van der Waals surface area contributed by atoms with E-state index in [2.05, 4.69) is 41.2 Å². The molecule has 4 saturated carbocycles. The summed E-state index contributed by atoms with van der Waals surface area (Å²) >= 11 is 0. The van der Waals surface area contributed by atoms with Crippen LogP contribution >= 0.6 is 0 Å². The molecular weight excluding hydrogens is 367 g/mol. The van der Waals surface area contributed by atoms with Gasteiger partial charge in [0, 0.05) is 6.54 Å². The van der Waals surface area contributed by atoms with E-state index in [4.69, 9.17) is 0 Å². The minimum Gasteiger partial charge on any atom is -0.370 e. The summed E-state index contributed by atoms with van der Waals surface area (Å²) in [5.74, 6) is 1.14. The van der Waals surface area contributed by atoms with Crippen molar-refractivity contribution in [2.24, 2.45) is 17.3 Å². The fourth-order valence-electron chi connectivity index (χ4n) is 6.39. The molecule has 1 aromatic rings. The van der Waals surface area contributed by atoms with Gasteiger partial charge in [0.2, 0.25) is 5.91 Å². The van der Waals surface area contributed by atoms with Crippen molar-refractivity contribution < 1.29 is 22.7 Å². The first-order valence-electron chi connectivity index (χ1n) is 10.2. The Labute approximate surface area is 164 Å². The third kappa shape index (κ3) is 3.80. The van der Waals surface area contributed by atoms with E-state index in [0.717, 1.165) is 32.1 Å². The van der Waals surface area contributed by atoms with Gasteiger partial charge in [0.05, 0.1) is 12.0 Å². The van der Waals surface area contributed by atoms with Gasteiger partial charge in [-0.3, -0.25) is 4.79 Å². The Kier molecular flexibility index (Phi) is 4.97. The van der Waals surface area contributed by atoms with Gasteiger partial charge in [-0.25, -0.2) is 0 Å². The Morgan fingerprint density at radius 2 is 1.79 bits per heavy atom. The molecule has 28 heavy (non-hydrogen) atoms. The van der Waals surface area contributed by atoms with E-state index in [1.807, 2.05) is 0 Å². The van der Waals surface area contributed by atoms with Crippen LogP contribution < -0.4 is 5.32 Å². The lowest BCUT2D eigenvalue weighted by Gasteiger charge is -2.61. The van der Waals surface area contributed by atoms with E-state index >= 15 is 0 Å². The second kappa shape index (κ2) is 7.05. The first kappa shape index (κ1) is 19.7. The van der Waals surface area contributed by atoms with Gasteiger partial charge in [-0.2, -0.15) is 13.2 Å². The quantitative estimate of drug-likeness (QED) is 0.719. The molecule has 3 nitrogen and oxygen atoms in total. The molecule has 1 amide bonds. The van der Waals surface area contributed by atoms with Crippen LogP contribution in [0.25, 0.3) is 0 Å². The number of benzene rings is 1. The molecular formula is C22H28F3NO2. The maximum absolute atomic E-state index is 13.1. The van der Waals surface area contributed by atoms with Crippen molar-refractivity contribution in [2.45, 2.75) is 57.0 Å². The fraction of sp³-hybridized carbons (Fsp3) is 0.682. The van der Waals surface area contributed by atoms with Crippen molar-refractivity contribution in [1.29, 1.82) is 0 Å². The van der Waals surface area contributed by atoms with Gasteiger partial charge < -0.3 is 10.1 Å². The summed E-state index contributed by atoms with van der Waals surface area (Å²) in [6, 6.07) is 8.75. The van der Waals surface area contributed by atoms with E-state index in [-0.39, 0.29) is 29.9 Å². The standard InChI is InChI=1S/C22H28F3NO2/c1-15-2-4-18(5-3-15)20-9-16-8-17(10-20)12-21(11-16,13-20)19(27)26-6-7-28-14-22(23,24)25/h2-5,16-17H,6-14H2,1H3,(H,26,27). The summed E-state index contributed by atoms with van der Waals surface area (Å²) in [5, 5.41) is 2.87. The largest absolute Gasteiger partial charge is 0.411 e. The number of hydrogen-bond acceptors (Lipinski definition) is 2. The summed E-state index contributed by atoms with van der Waals surface area (Å²) in [6.07, 6.45) is 1.85. The molecule has 154 valence electrons. The highest BCUT2D eigenvalue weighted by molar-refractivity contribution is 5.83. The van der Waals surface area contributed by atoms with Crippen LogP contribution in [0, 0.1) is 24.2 Å². The van der Waals surface area contributed by atoms with E-state index in [9.17, 15) is 18.0 Å². The molecule has 0 heterocycles. The molecule has 0 aliphatic heterocycles. The van der Waals surface area contributed by atoms with Gasteiger partial charge >= 0.3 is 6.18 Å². The van der Waals surface area contributed by atoms with Crippen LogP contribution in [-0.2, 0) is 14.9 Å². The van der Waals surface area contributed by atoms with Crippen LogP contribution in [0.3, 0.4) is 0 Å². The molecule has 0 saturated heterocycles. The second-order valence-electron chi connectivity index (χ2n) is 9.31. The Hall–Kier alpha value is -1.56. The number of alkyl halides is 3. The van der Waals surface area contributed by atoms with Crippen molar-refractivity contribution >= 4 is 5.91 Å². The number of carbonyl (C=O) groups is 1. The van der Waals surface area contributed by atoms with Crippen molar-refractivity contribution in [3.05, 3.63) is 35.4 Å². The first-order valence-corrected chi connectivity index (χ1v) is 10.2. The molecule has 4 fully saturated rings. The fourth-order valence-corrected chi connectivity index (χ4v) is 6.39. The van der Waals surface area contributed by atoms with Gasteiger partial charge in [-0.15, -0.1) is 0 Å². The van der Waals surface area contributed by atoms with Crippen molar-refractivity contribution in [2.75, 3.05) is 19.8 Å². The van der Waals surface area contributed by atoms with E-state index in [1.165, 1.54) is 17.5 Å². The molecule has 0 spiro atoms. The van der Waals surface area contributed by atoms with Crippen LogP contribution in [-0.4, -0.2) is 31.8 Å². The van der Waals surface area contributed by atoms with E-state index < -0.39 is 12.8 Å². The van der Waals surface area contributed by atoms with Crippen molar-refractivity contribution in [3.8, 4) is 0 Å². The third-order valence-electron chi connectivity index (χ3n) is 7.00. The Morgan fingerprint density at radius 1 is 1.14 bits per heavy atom. The highest BCUT2D eigenvalue weighted by Crippen LogP contribution is 2.65. The van der Waals surface area contributed by atoms with Crippen molar-refractivity contribution in [3.63, 3.8) is 0 Å². The molecule has 0 radical (unpaired) electrons. The van der Waals surface area contributed by atoms with Gasteiger partial charge in [0.15, 0.2) is 0 Å². The van der Waals surface area contributed by atoms with Gasteiger partial charge in [-0.05, 0) is 68.3 Å². The molecule has 2 atom stereocenters. The smallest absolute Gasteiger partial charge is 0.370 e. The van der Waals surface area contributed by atoms with Crippen LogP contribution in [0.1, 0.15) is 49.7 Å².